The summed E-state index contributed by atoms with van der Waals surface area (Å²) in [6, 6.07) is 5.54. The molecule has 0 atom stereocenters. The van der Waals surface area contributed by atoms with Gasteiger partial charge >= 0.3 is 0 Å². The van der Waals surface area contributed by atoms with Gasteiger partial charge < -0.3 is 15.8 Å². The molecule has 8 heteroatoms. The number of anilines is 2. The Morgan fingerprint density at radius 2 is 2.29 bits per heavy atom. The van der Waals surface area contributed by atoms with Crippen LogP contribution in [0.15, 0.2) is 22.5 Å². The van der Waals surface area contributed by atoms with E-state index in [0.717, 1.165) is 21.3 Å². The number of hydrogen-bond donors (Lipinski definition) is 2. The number of nitrogen functional groups attached to an aromatic ring is 1. The maximum Gasteiger partial charge on any atom is 0.225 e. The Morgan fingerprint density at radius 1 is 1.48 bits per heavy atom. The van der Waals surface area contributed by atoms with Crippen molar-refractivity contribution in [3.05, 3.63) is 23.8 Å². The molecule has 0 saturated carbocycles. The van der Waals surface area contributed by atoms with Crippen molar-refractivity contribution in [2.75, 3.05) is 23.9 Å². The zero-order chi connectivity index (χ0) is 15.2. The molecular weight excluding hydrogens is 308 g/mol. The van der Waals surface area contributed by atoms with E-state index in [-0.39, 0.29) is 5.91 Å². The summed E-state index contributed by atoms with van der Waals surface area (Å²) < 4.78 is 5.91. The molecule has 1 aromatic heterocycles. The first-order valence-electron chi connectivity index (χ1n) is 6.25. The molecular formula is C13H16N4O2S2. The lowest BCUT2D eigenvalue weighted by molar-refractivity contribution is -0.115. The molecule has 0 aliphatic rings. The summed E-state index contributed by atoms with van der Waals surface area (Å²) in [5, 5.41) is 10.9. The fraction of sp³-hybridized carbons (Fsp3) is 0.308. The van der Waals surface area contributed by atoms with Crippen LogP contribution in [0.3, 0.4) is 0 Å². The van der Waals surface area contributed by atoms with Gasteiger partial charge in [0.25, 0.3) is 0 Å². The Bertz CT molecular complexity index is 630. The molecule has 0 spiro atoms. The number of carbonyl (C=O) groups is 1. The van der Waals surface area contributed by atoms with Gasteiger partial charge in [-0.05, 0) is 30.7 Å². The third-order valence-corrected chi connectivity index (χ3v) is 4.57. The molecule has 1 heterocycles. The largest absolute Gasteiger partial charge is 0.497 e. The number of nitrogens with one attached hydrogen (secondary N) is 1. The second kappa shape index (κ2) is 7.28. The predicted octanol–water partition coefficient (Wildman–Crippen LogP) is 2.56. The minimum Gasteiger partial charge on any atom is -0.497 e. The number of thioether (sulfide) groups is 1. The van der Waals surface area contributed by atoms with Gasteiger partial charge in [0.2, 0.25) is 11.0 Å². The van der Waals surface area contributed by atoms with Gasteiger partial charge in [0.1, 0.15) is 5.75 Å². The minimum absolute atomic E-state index is 0.0340. The number of aryl methyl sites for hydroxylation is 1. The topological polar surface area (TPSA) is 90.1 Å². The zero-order valence-electron chi connectivity index (χ0n) is 11.8. The quantitative estimate of drug-likeness (QED) is 0.794. The highest BCUT2D eigenvalue weighted by molar-refractivity contribution is 8.01. The molecule has 0 unspecified atom stereocenters. The third-order valence-electron chi connectivity index (χ3n) is 2.68. The van der Waals surface area contributed by atoms with E-state index in [2.05, 4.69) is 15.5 Å². The molecule has 0 fully saturated rings. The fourth-order valence-electron chi connectivity index (χ4n) is 1.63. The standard InChI is InChI=1S/C13H16N4O2S2/c1-8-7-9(19-2)3-4-10(8)15-11(18)5-6-20-13-17-16-12(14)21-13/h3-4,7H,5-6H2,1-2H3,(H2,14,16)(H,15,18). The molecule has 0 radical (unpaired) electrons. The first-order chi connectivity index (χ1) is 10.1. The molecule has 3 N–H and O–H groups in total. The number of amides is 1. The Hall–Kier alpha value is -1.80. The van der Waals surface area contributed by atoms with Crippen molar-refractivity contribution in [2.45, 2.75) is 17.7 Å². The summed E-state index contributed by atoms with van der Waals surface area (Å²) >= 11 is 2.80. The molecule has 0 bridgehead atoms. The minimum atomic E-state index is -0.0340. The molecule has 0 aliphatic carbocycles. The van der Waals surface area contributed by atoms with Crippen LogP contribution in [-0.2, 0) is 4.79 Å². The predicted molar refractivity (Wildman–Crippen MR) is 86.0 cm³/mol. The lowest BCUT2D eigenvalue weighted by Gasteiger charge is -2.09. The number of benzene rings is 1. The average Bonchev–Trinajstić information content (AvgIpc) is 2.86. The summed E-state index contributed by atoms with van der Waals surface area (Å²) in [5.74, 6) is 1.37. The van der Waals surface area contributed by atoms with Crippen LogP contribution in [0.1, 0.15) is 12.0 Å². The van der Waals surface area contributed by atoms with Gasteiger partial charge in [-0.1, -0.05) is 23.1 Å². The summed E-state index contributed by atoms with van der Waals surface area (Å²) in [5.41, 5.74) is 7.26. The fourth-order valence-corrected chi connectivity index (χ4v) is 3.27. The van der Waals surface area contributed by atoms with Gasteiger partial charge in [0.15, 0.2) is 4.34 Å². The number of hydrogen-bond acceptors (Lipinski definition) is 7. The van der Waals surface area contributed by atoms with Crippen LogP contribution in [0.4, 0.5) is 10.8 Å². The van der Waals surface area contributed by atoms with E-state index in [1.54, 1.807) is 7.11 Å². The lowest BCUT2D eigenvalue weighted by Crippen LogP contribution is -2.13. The van der Waals surface area contributed by atoms with E-state index in [4.69, 9.17) is 10.5 Å². The second-order valence-corrected chi connectivity index (χ2v) is 6.58. The molecule has 2 rings (SSSR count). The Balaban J connectivity index is 1.81. The Morgan fingerprint density at radius 3 is 2.90 bits per heavy atom. The Kier molecular flexibility index (Phi) is 5.40. The van der Waals surface area contributed by atoms with Crippen molar-refractivity contribution in [3.8, 4) is 5.75 Å². The van der Waals surface area contributed by atoms with E-state index in [0.29, 0.717) is 17.3 Å². The van der Waals surface area contributed by atoms with Crippen LogP contribution in [0.2, 0.25) is 0 Å². The van der Waals surface area contributed by atoms with E-state index < -0.39 is 0 Å². The summed E-state index contributed by atoms with van der Waals surface area (Å²) in [7, 11) is 1.62. The lowest BCUT2D eigenvalue weighted by atomic mass is 10.2. The second-order valence-electron chi connectivity index (χ2n) is 4.23. The highest BCUT2D eigenvalue weighted by atomic mass is 32.2. The summed E-state index contributed by atoms with van der Waals surface area (Å²) in [6.07, 6.45) is 0.398. The van der Waals surface area contributed by atoms with Gasteiger partial charge in [0.05, 0.1) is 7.11 Å². The number of carbonyl (C=O) groups excluding carboxylic acids is 1. The van der Waals surface area contributed by atoms with Crippen LogP contribution in [0.5, 0.6) is 5.75 Å². The monoisotopic (exact) mass is 324 g/mol. The van der Waals surface area contributed by atoms with Crippen LogP contribution in [-0.4, -0.2) is 29.0 Å². The first-order valence-corrected chi connectivity index (χ1v) is 8.05. The van der Waals surface area contributed by atoms with Crippen molar-refractivity contribution in [1.29, 1.82) is 0 Å². The summed E-state index contributed by atoms with van der Waals surface area (Å²) in [4.78, 5) is 11.9. The number of aromatic nitrogens is 2. The number of methoxy groups -OCH3 is 1. The highest BCUT2D eigenvalue weighted by Gasteiger charge is 2.07. The van der Waals surface area contributed by atoms with Crippen molar-refractivity contribution >= 4 is 39.8 Å². The molecule has 112 valence electrons. The van der Waals surface area contributed by atoms with Crippen LogP contribution < -0.4 is 15.8 Å². The molecule has 21 heavy (non-hydrogen) atoms. The molecule has 2 aromatic rings. The molecule has 6 nitrogen and oxygen atoms in total. The van der Waals surface area contributed by atoms with Crippen molar-refractivity contribution in [3.63, 3.8) is 0 Å². The van der Waals surface area contributed by atoms with Gasteiger partial charge in [-0.25, -0.2) is 0 Å². The Labute approximate surface area is 131 Å². The smallest absolute Gasteiger partial charge is 0.225 e. The normalized spacial score (nSPS) is 10.4. The van der Waals surface area contributed by atoms with E-state index in [1.807, 2.05) is 25.1 Å². The average molecular weight is 324 g/mol. The number of nitrogens with zero attached hydrogens (tertiary/aromatic N) is 2. The zero-order valence-corrected chi connectivity index (χ0v) is 13.4. The van der Waals surface area contributed by atoms with Gasteiger partial charge in [-0.3, -0.25) is 4.79 Å². The van der Waals surface area contributed by atoms with Gasteiger partial charge in [0, 0.05) is 17.9 Å². The van der Waals surface area contributed by atoms with Crippen LogP contribution in [0.25, 0.3) is 0 Å². The number of ether oxygens (including phenoxy) is 1. The van der Waals surface area contributed by atoms with E-state index >= 15 is 0 Å². The number of nitrogens with two attached hydrogens (primary N) is 1. The summed E-state index contributed by atoms with van der Waals surface area (Å²) in [6.45, 7) is 1.93. The van der Waals surface area contributed by atoms with Crippen LogP contribution >= 0.6 is 23.1 Å². The maximum atomic E-state index is 11.9. The SMILES string of the molecule is COc1ccc(NC(=O)CCSc2nnc(N)s2)c(C)c1. The van der Waals surface area contributed by atoms with Crippen LogP contribution in [0, 0.1) is 6.92 Å². The molecule has 1 amide bonds. The first kappa shape index (κ1) is 15.6. The number of rotatable bonds is 6. The van der Waals surface area contributed by atoms with Crippen molar-refractivity contribution in [1.82, 2.24) is 10.2 Å². The van der Waals surface area contributed by atoms with Crippen molar-refractivity contribution in [2.24, 2.45) is 0 Å². The maximum absolute atomic E-state index is 11.9. The molecule has 1 aromatic carbocycles. The highest BCUT2D eigenvalue weighted by Crippen LogP contribution is 2.24. The van der Waals surface area contributed by atoms with E-state index in [9.17, 15) is 4.79 Å². The van der Waals surface area contributed by atoms with Crippen molar-refractivity contribution < 1.29 is 9.53 Å². The third kappa shape index (κ3) is 4.61. The van der Waals surface area contributed by atoms with Gasteiger partial charge in [-0.2, -0.15) is 0 Å². The molecule has 0 aliphatic heterocycles. The van der Waals surface area contributed by atoms with E-state index in [1.165, 1.54) is 23.1 Å². The molecule has 0 saturated heterocycles. The van der Waals surface area contributed by atoms with Gasteiger partial charge in [-0.15, -0.1) is 10.2 Å².